The number of benzene rings is 2. The zero-order valence-corrected chi connectivity index (χ0v) is 17.7. The van der Waals surface area contributed by atoms with E-state index in [0.717, 1.165) is 15.6 Å². The number of para-hydroxylation sites is 1. The molecule has 0 saturated carbocycles. The first kappa shape index (κ1) is 23.0. The van der Waals surface area contributed by atoms with Gasteiger partial charge < -0.3 is 25.2 Å². The van der Waals surface area contributed by atoms with Gasteiger partial charge in [0.05, 0.1) is 12.2 Å². The Balaban J connectivity index is 1.75. The summed E-state index contributed by atoms with van der Waals surface area (Å²) in [7, 11) is 0. The highest BCUT2D eigenvalue weighted by Gasteiger charge is 2.19. The van der Waals surface area contributed by atoms with E-state index in [1.54, 1.807) is 6.08 Å². The van der Waals surface area contributed by atoms with Gasteiger partial charge in [0, 0.05) is 21.4 Å². The Labute approximate surface area is 184 Å². The number of carboxylic acid groups (broad SMARTS) is 1. The molecule has 0 spiro atoms. The second-order valence-electron chi connectivity index (χ2n) is 7.22. The zero-order valence-electron chi connectivity index (χ0n) is 16.9. The van der Waals surface area contributed by atoms with E-state index in [2.05, 4.69) is 0 Å². The third kappa shape index (κ3) is 6.38. The van der Waals surface area contributed by atoms with Crippen LogP contribution in [0.1, 0.15) is 35.8 Å². The van der Waals surface area contributed by atoms with Crippen LogP contribution in [0, 0.1) is 0 Å². The number of aliphatic carboxylic acids is 1. The van der Waals surface area contributed by atoms with Gasteiger partial charge in [0.25, 0.3) is 0 Å². The maximum Gasteiger partial charge on any atom is 0.303 e. The smallest absolute Gasteiger partial charge is 0.303 e. The van der Waals surface area contributed by atoms with E-state index in [4.69, 9.17) is 9.84 Å². The van der Waals surface area contributed by atoms with E-state index < -0.39 is 24.3 Å². The Morgan fingerprint density at radius 3 is 2.48 bits per heavy atom. The SMILES string of the molecule is O=C(O)CCC[C@H](O)[C@H](O)/C=C/c1c([C@@H](O)COc2ccccc2)sc2ccccc12. The van der Waals surface area contributed by atoms with Crippen LogP contribution in [0.15, 0.2) is 60.7 Å². The summed E-state index contributed by atoms with van der Waals surface area (Å²) in [5.41, 5.74) is 0.765. The second kappa shape index (κ2) is 11.1. The Kier molecular flexibility index (Phi) is 8.20. The normalized spacial score (nSPS) is 14.5. The maximum atomic E-state index is 10.8. The molecule has 6 nitrogen and oxygen atoms in total. The number of rotatable bonds is 11. The molecule has 0 amide bonds. The van der Waals surface area contributed by atoms with Crippen LogP contribution >= 0.6 is 11.3 Å². The highest BCUT2D eigenvalue weighted by molar-refractivity contribution is 7.19. The first-order valence-electron chi connectivity index (χ1n) is 10.1. The van der Waals surface area contributed by atoms with E-state index >= 15 is 0 Å². The molecule has 0 unspecified atom stereocenters. The van der Waals surface area contributed by atoms with Crippen LogP contribution in [0.4, 0.5) is 0 Å². The fraction of sp³-hybridized carbons (Fsp3) is 0.292. The van der Waals surface area contributed by atoms with Crippen LogP contribution in [0.25, 0.3) is 16.2 Å². The van der Waals surface area contributed by atoms with E-state index in [9.17, 15) is 20.1 Å². The molecule has 3 aromatic rings. The van der Waals surface area contributed by atoms with Crippen molar-refractivity contribution in [3.8, 4) is 5.75 Å². The number of hydrogen-bond donors (Lipinski definition) is 4. The summed E-state index contributed by atoms with van der Waals surface area (Å²) in [5.74, 6) is -0.266. The van der Waals surface area contributed by atoms with Gasteiger partial charge in [-0.25, -0.2) is 0 Å². The van der Waals surface area contributed by atoms with Crippen molar-refractivity contribution in [2.45, 2.75) is 37.6 Å². The summed E-state index contributed by atoms with van der Waals surface area (Å²) in [6.07, 6.45) is 0.523. The van der Waals surface area contributed by atoms with Crippen molar-refractivity contribution in [1.82, 2.24) is 0 Å². The molecule has 31 heavy (non-hydrogen) atoms. The number of carbonyl (C=O) groups is 1. The molecule has 1 aromatic heterocycles. The van der Waals surface area contributed by atoms with E-state index in [0.29, 0.717) is 10.6 Å². The first-order chi connectivity index (χ1) is 15.0. The van der Waals surface area contributed by atoms with E-state index in [1.807, 2.05) is 54.6 Å². The molecule has 0 aliphatic carbocycles. The lowest BCUT2D eigenvalue weighted by Crippen LogP contribution is -2.23. The molecule has 0 radical (unpaired) electrons. The minimum Gasteiger partial charge on any atom is -0.490 e. The van der Waals surface area contributed by atoms with Crippen molar-refractivity contribution >= 4 is 33.5 Å². The number of thiophene rings is 1. The van der Waals surface area contributed by atoms with Gasteiger partial charge in [-0.2, -0.15) is 0 Å². The van der Waals surface area contributed by atoms with Gasteiger partial charge in [-0.3, -0.25) is 4.79 Å². The van der Waals surface area contributed by atoms with Crippen molar-refractivity contribution in [1.29, 1.82) is 0 Å². The second-order valence-corrected chi connectivity index (χ2v) is 8.30. The molecule has 0 bridgehead atoms. The zero-order chi connectivity index (χ0) is 22.2. The molecule has 0 fully saturated rings. The Morgan fingerprint density at radius 2 is 1.74 bits per heavy atom. The van der Waals surface area contributed by atoms with Crippen molar-refractivity contribution in [2.75, 3.05) is 6.61 Å². The third-order valence-electron chi connectivity index (χ3n) is 4.86. The molecular weight excluding hydrogens is 416 g/mol. The van der Waals surface area contributed by atoms with Crippen LogP contribution in [0.3, 0.4) is 0 Å². The van der Waals surface area contributed by atoms with Crippen molar-refractivity contribution < 1.29 is 30.0 Å². The van der Waals surface area contributed by atoms with Crippen LogP contribution < -0.4 is 4.74 Å². The number of hydrogen-bond acceptors (Lipinski definition) is 6. The van der Waals surface area contributed by atoms with E-state index in [1.165, 1.54) is 17.4 Å². The topological polar surface area (TPSA) is 107 Å². The van der Waals surface area contributed by atoms with Crippen molar-refractivity contribution in [3.05, 3.63) is 71.1 Å². The summed E-state index contributed by atoms with van der Waals surface area (Å²) < 4.78 is 6.69. The predicted molar refractivity (Wildman–Crippen MR) is 121 cm³/mol. The number of aliphatic hydroxyl groups is 3. The molecule has 0 aliphatic heterocycles. The number of fused-ring (bicyclic) bond motifs is 1. The number of ether oxygens (including phenoxy) is 1. The fourth-order valence-electron chi connectivity index (χ4n) is 3.23. The number of carboxylic acids is 1. The average molecular weight is 443 g/mol. The highest BCUT2D eigenvalue weighted by atomic mass is 32.1. The molecule has 1 heterocycles. The largest absolute Gasteiger partial charge is 0.490 e. The monoisotopic (exact) mass is 442 g/mol. The minimum absolute atomic E-state index is 0.0551. The molecule has 3 atom stereocenters. The molecule has 2 aromatic carbocycles. The lowest BCUT2D eigenvalue weighted by Gasteiger charge is -2.15. The molecule has 3 rings (SSSR count). The summed E-state index contributed by atoms with van der Waals surface area (Å²) in [6.45, 7) is 0.0814. The fourth-order valence-corrected chi connectivity index (χ4v) is 4.39. The Morgan fingerprint density at radius 1 is 1.03 bits per heavy atom. The van der Waals surface area contributed by atoms with E-state index in [-0.39, 0.29) is 25.9 Å². The lowest BCUT2D eigenvalue weighted by atomic mass is 10.0. The van der Waals surface area contributed by atoms with Gasteiger partial charge in [-0.1, -0.05) is 48.6 Å². The Hall–Kier alpha value is -2.71. The average Bonchev–Trinajstić information content (AvgIpc) is 3.15. The van der Waals surface area contributed by atoms with Gasteiger partial charge in [-0.05, 0) is 36.6 Å². The number of aliphatic hydroxyl groups excluding tert-OH is 3. The maximum absolute atomic E-state index is 10.8. The van der Waals surface area contributed by atoms with Gasteiger partial charge in [0.1, 0.15) is 18.5 Å². The van der Waals surface area contributed by atoms with Gasteiger partial charge >= 0.3 is 5.97 Å². The van der Waals surface area contributed by atoms with Gasteiger partial charge in [-0.15, -0.1) is 11.3 Å². The predicted octanol–water partition coefficient (Wildman–Crippen LogP) is 4.00. The van der Waals surface area contributed by atoms with Crippen molar-refractivity contribution in [3.63, 3.8) is 0 Å². The molecule has 4 N–H and O–H groups in total. The van der Waals surface area contributed by atoms with Gasteiger partial charge in [0.2, 0.25) is 0 Å². The summed E-state index contributed by atoms with van der Waals surface area (Å²) in [5, 5.41) is 40.8. The molecule has 0 saturated heterocycles. The highest BCUT2D eigenvalue weighted by Crippen LogP contribution is 2.36. The van der Waals surface area contributed by atoms with Crippen molar-refractivity contribution in [2.24, 2.45) is 0 Å². The third-order valence-corrected chi connectivity index (χ3v) is 6.15. The quantitative estimate of drug-likeness (QED) is 0.358. The lowest BCUT2D eigenvalue weighted by molar-refractivity contribution is -0.137. The van der Waals surface area contributed by atoms with Crippen LogP contribution in [-0.4, -0.2) is 45.2 Å². The van der Waals surface area contributed by atoms with Gasteiger partial charge in [0.15, 0.2) is 0 Å². The summed E-state index contributed by atoms with van der Waals surface area (Å²) in [4.78, 5) is 11.3. The molecule has 7 heteroatoms. The Bertz CT molecular complexity index is 1010. The molecular formula is C24H26O6S. The molecule has 0 aliphatic rings. The first-order valence-corrected chi connectivity index (χ1v) is 10.9. The van der Waals surface area contributed by atoms with Crippen LogP contribution in [0.5, 0.6) is 5.75 Å². The standard InChI is InChI=1S/C24H26O6S/c25-19(10-6-12-23(28)29)20(26)14-13-18-17-9-4-5-11-22(17)31-24(18)21(27)15-30-16-7-2-1-3-8-16/h1-5,7-9,11,13-14,19-21,25-27H,6,10,12,15H2,(H,28,29)/b14-13+/t19-,20+,21-/m0/s1. The van der Waals surface area contributed by atoms with Crippen LogP contribution in [0.2, 0.25) is 0 Å². The summed E-state index contributed by atoms with van der Waals surface area (Å²) in [6, 6.07) is 17.0. The molecule has 164 valence electrons. The minimum atomic E-state index is -1.14. The van der Waals surface area contributed by atoms with Crippen LogP contribution in [-0.2, 0) is 4.79 Å². The summed E-state index contributed by atoms with van der Waals surface area (Å²) >= 11 is 1.45.